The molecule has 0 bridgehead atoms. The van der Waals surface area contributed by atoms with Crippen LogP contribution >= 0.6 is 0 Å². The molecule has 19 heavy (non-hydrogen) atoms. The van der Waals surface area contributed by atoms with Gasteiger partial charge in [0.2, 0.25) is 11.8 Å². The molecule has 0 unspecified atom stereocenters. The van der Waals surface area contributed by atoms with Crippen LogP contribution < -0.4 is 11.1 Å². The molecule has 0 atom stereocenters. The summed E-state index contributed by atoms with van der Waals surface area (Å²) in [6.07, 6.45) is 3.65. The number of oxime groups is 1. The number of nitrogens with one attached hydrogen (secondary N) is 1. The molecule has 1 heterocycles. The Hall–Kier alpha value is -1.79. The second kappa shape index (κ2) is 5.46. The zero-order valence-corrected chi connectivity index (χ0v) is 10.9. The third kappa shape index (κ3) is 2.50. The first-order chi connectivity index (χ1) is 9.10. The summed E-state index contributed by atoms with van der Waals surface area (Å²) in [6, 6.07) is 0. The predicted molar refractivity (Wildman–Crippen MR) is 68.5 cm³/mol. The van der Waals surface area contributed by atoms with E-state index in [1.54, 1.807) is 0 Å². The van der Waals surface area contributed by atoms with Gasteiger partial charge in [-0.05, 0) is 19.3 Å². The van der Waals surface area contributed by atoms with Gasteiger partial charge in [0.1, 0.15) is 5.41 Å². The zero-order chi connectivity index (χ0) is 13.9. The van der Waals surface area contributed by atoms with Gasteiger partial charge in [0.15, 0.2) is 5.84 Å². The minimum absolute atomic E-state index is 0.0281. The van der Waals surface area contributed by atoms with Crippen molar-refractivity contribution in [2.45, 2.75) is 32.1 Å². The lowest BCUT2D eigenvalue weighted by Crippen LogP contribution is -2.51. The molecule has 0 aromatic rings. The quantitative estimate of drug-likeness (QED) is 0.275. The van der Waals surface area contributed by atoms with Crippen molar-refractivity contribution < 1.29 is 14.8 Å². The minimum atomic E-state index is -0.917. The fraction of sp³-hybridized carbons (Fsp3) is 0.750. The average Bonchev–Trinajstić information content (AvgIpc) is 2.81. The highest BCUT2D eigenvalue weighted by Gasteiger charge is 2.47. The Kier molecular flexibility index (Phi) is 3.92. The highest BCUT2D eigenvalue weighted by atomic mass is 16.4. The summed E-state index contributed by atoms with van der Waals surface area (Å²) >= 11 is 0. The molecule has 1 saturated heterocycles. The van der Waals surface area contributed by atoms with E-state index < -0.39 is 5.41 Å². The van der Waals surface area contributed by atoms with Crippen LogP contribution in [0.25, 0.3) is 0 Å². The van der Waals surface area contributed by atoms with Crippen molar-refractivity contribution in [3.63, 3.8) is 0 Å². The van der Waals surface area contributed by atoms with Crippen molar-refractivity contribution in [2.75, 3.05) is 19.6 Å². The van der Waals surface area contributed by atoms with Crippen molar-refractivity contribution in [3.05, 3.63) is 0 Å². The van der Waals surface area contributed by atoms with E-state index in [2.05, 4.69) is 10.5 Å². The monoisotopic (exact) mass is 268 g/mol. The van der Waals surface area contributed by atoms with E-state index in [0.29, 0.717) is 25.9 Å². The number of hydrogen-bond acceptors (Lipinski definition) is 4. The first-order valence-corrected chi connectivity index (χ1v) is 6.64. The van der Waals surface area contributed by atoms with Crippen LogP contribution in [0.15, 0.2) is 5.16 Å². The van der Waals surface area contributed by atoms with Gasteiger partial charge in [-0.3, -0.25) is 9.59 Å². The summed E-state index contributed by atoms with van der Waals surface area (Å²) in [4.78, 5) is 25.8. The maximum absolute atomic E-state index is 12.7. The van der Waals surface area contributed by atoms with Crippen LogP contribution in [0.5, 0.6) is 0 Å². The van der Waals surface area contributed by atoms with Gasteiger partial charge >= 0.3 is 0 Å². The van der Waals surface area contributed by atoms with Crippen molar-refractivity contribution >= 4 is 17.6 Å². The van der Waals surface area contributed by atoms with Crippen molar-refractivity contribution in [3.8, 4) is 0 Å². The van der Waals surface area contributed by atoms with Crippen LogP contribution in [-0.4, -0.2) is 47.4 Å². The highest BCUT2D eigenvalue weighted by Crippen LogP contribution is 2.40. The number of amidine groups is 1. The van der Waals surface area contributed by atoms with E-state index in [4.69, 9.17) is 10.9 Å². The van der Waals surface area contributed by atoms with Gasteiger partial charge in [0, 0.05) is 13.1 Å². The highest BCUT2D eigenvalue weighted by molar-refractivity contribution is 6.07. The first kappa shape index (κ1) is 13.6. The number of hydrogen-bond donors (Lipinski definition) is 3. The second-order valence-electron chi connectivity index (χ2n) is 5.20. The lowest BCUT2D eigenvalue weighted by Gasteiger charge is -2.32. The van der Waals surface area contributed by atoms with Crippen LogP contribution in [0.3, 0.4) is 0 Å². The van der Waals surface area contributed by atoms with Gasteiger partial charge in [-0.15, -0.1) is 0 Å². The molecule has 2 amide bonds. The van der Waals surface area contributed by atoms with E-state index in [-0.39, 0.29) is 24.2 Å². The smallest absolute Gasteiger partial charge is 0.239 e. The molecule has 2 fully saturated rings. The van der Waals surface area contributed by atoms with Gasteiger partial charge in [-0.1, -0.05) is 18.0 Å². The summed E-state index contributed by atoms with van der Waals surface area (Å²) in [5, 5.41) is 14.7. The van der Waals surface area contributed by atoms with E-state index in [9.17, 15) is 9.59 Å². The average molecular weight is 268 g/mol. The Morgan fingerprint density at radius 3 is 2.68 bits per heavy atom. The summed E-state index contributed by atoms with van der Waals surface area (Å²) in [6.45, 7) is 1.16. The van der Waals surface area contributed by atoms with E-state index in [1.807, 2.05) is 0 Å². The SMILES string of the molecule is NC(=NO)C1(C(=O)N2CCCNC(=O)C2)CCCC1. The summed E-state index contributed by atoms with van der Waals surface area (Å²) in [5.41, 5.74) is 4.83. The van der Waals surface area contributed by atoms with Crippen molar-refractivity contribution in [1.82, 2.24) is 10.2 Å². The molecule has 0 spiro atoms. The van der Waals surface area contributed by atoms with E-state index >= 15 is 0 Å². The topological polar surface area (TPSA) is 108 Å². The number of nitrogens with two attached hydrogens (primary N) is 1. The van der Waals surface area contributed by atoms with E-state index in [1.165, 1.54) is 4.90 Å². The second-order valence-corrected chi connectivity index (χ2v) is 5.20. The van der Waals surface area contributed by atoms with Gasteiger partial charge in [-0.2, -0.15) is 0 Å². The van der Waals surface area contributed by atoms with E-state index in [0.717, 1.165) is 19.3 Å². The molecular formula is C12H20N4O3. The number of amides is 2. The van der Waals surface area contributed by atoms with Crippen LogP contribution in [0.4, 0.5) is 0 Å². The minimum Gasteiger partial charge on any atom is -0.409 e. The predicted octanol–water partition coefficient (Wildman–Crippen LogP) is -0.358. The molecule has 1 aliphatic heterocycles. The lowest BCUT2D eigenvalue weighted by molar-refractivity contribution is -0.141. The molecule has 0 aromatic heterocycles. The van der Waals surface area contributed by atoms with Crippen LogP contribution in [0.2, 0.25) is 0 Å². The Morgan fingerprint density at radius 2 is 2.05 bits per heavy atom. The Labute approximate surface area is 111 Å². The van der Waals surface area contributed by atoms with Gasteiger partial charge < -0.3 is 21.2 Å². The van der Waals surface area contributed by atoms with Gasteiger partial charge in [-0.25, -0.2) is 0 Å². The largest absolute Gasteiger partial charge is 0.409 e. The molecular weight excluding hydrogens is 248 g/mol. The maximum Gasteiger partial charge on any atom is 0.239 e. The Bertz CT molecular complexity index is 402. The molecule has 4 N–H and O–H groups in total. The van der Waals surface area contributed by atoms with Gasteiger partial charge in [0.25, 0.3) is 0 Å². The summed E-state index contributed by atoms with van der Waals surface area (Å²) in [7, 11) is 0. The Morgan fingerprint density at radius 1 is 1.37 bits per heavy atom. The molecule has 106 valence electrons. The van der Waals surface area contributed by atoms with Crippen molar-refractivity contribution in [2.24, 2.45) is 16.3 Å². The number of carbonyl (C=O) groups is 2. The van der Waals surface area contributed by atoms with Crippen LogP contribution in [0.1, 0.15) is 32.1 Å². The van der Waals surface area contributed by atoms with Crippen molar-refractivity contribution in [1.29, 1.82) is 0 Å². The molecule has 2 aliphatic rings. The summed E-state index contributed by atoms with van der Waals surface area (Å²) < 4.78 is 0. The molecule has 7 heteroatoms. The van der Waals surface area contributed by atoms with Gasteiger partial charge in [0.05, 0.1) is 6.54 Å². The van der Waals surface area contributed by atoms with Crippen LogP contribution in [0, 0.1) is 5.41 Å². The molecule has 0 aromatic carbocycles. The molecule has 0 radical (unpaired) electrons. The molecule has 7 nitrogen and oxygen atoms in total. The lowest BCUT2D eigenvalue weighted by atomic mass is 9.83. The molecule has 1 saturated carbocycles. The maximum atomic E-state index is 12.7. The first-order valence-electron chi connectivity index (χ1n) is 6.64. The third-order valence-corrected chi connectivity index (χ3v) is 4.01. The molecule has 2 rings (SSSR count). The standard InChI is InChI=1S/C12H20N4O3/c13-10(15-19)12(4-1-2-5-12)11(18)16-7-3-6-14-9(17)8-16/h19H,1-8H2,(H2,13,15)(H,14,17). The third-order valence-electron chi connectivity index (χ3n) is 4.01. The molecule has 1 aliphatic carbocycles. The fourth-order valence-electron chi connectivity index (χ4n) is 2.94. The Balaban J connectivity index is 2.22. The number of rotatable bonds is 2. The normalized spacial score (nSPS) is 23.9. The zero-order valence-electron chi connectivity index (χ0n) is 10.9. The number of nitrogens with zero attached hydrogens (tertiary/aromatic N) is 2. The summed E-state index contributed by atoms with van der Waals surface area (Å²) in [5.74, 6) is -0.365. The van der Waals surface area contributed by atoms with Crippen LogP contribution in [-0.2, 0) is 9.59 Å². The fourth-order valence-corrected chi connectivity index (χ4v) is 2.94. The number of carbonyl (C=O) groups excluding carboxylic acids is 2.